The Morgan fingerprint density at radius 1 is 1.31 bits per heavy atom. The van der Waals surface area contributed by atoms with E-state index in [0.717, 1.165) is 6.42 Å². The summed E-state index contributed by atoms with van der Waals surface area (Å²) in [6, 6.07) is 8.70. The Morgan fingerprint density at radius 2 is 2.08 bits per heavy atom. The summed E-state index contributed by atoms with van der Waals surface area (Å²) in [5.41, 5.74) is 2.98. The van der Waals surface area contributed by atoms with E-state index in [9.17, 15) is 0 Å². The van der Waals surface area contributed by atoms with Crippen molar-refractivity contribution in [3.05, 3.63) is 35.4 Å². The molecule has 0 aromatic heterocycles. The quantitative estimate of drug-likeness (QED) is 0.639. The highest BCUT2D eigenvalue weighted by atomic mass is 16.5. The van der Waals surface area contributed by atoms with Crippen LogP contribution < -0.4 is 0 Å². The lowest BCUT2D eigenvalue weighted by atomic mass is 9.82. The van der Waals surface area contributed by atoms with Gasteiger partial charge in [0.1, 0.15) is 0 Å². The molecule has 70 valence electrons. The molecule has 1 aliphatic rings. The average Bonchev–Trinajstić information content (AvgIpc) is 2.19. The lowest BCUT2D eigenvalue weighted by molar-refractivity contribution is 0.0712. The zero-order valence-electron chi connectivity index (χ0n) is 8.29. The van der Waals surface area contributed by atoms with Gasteiger partial charge in [-0.25, -0.2) is 0 Å². The van der Waals surface area contributed by atoms with Crippen molar-refractivity contribution in [2.75, 3.05) is 7.11 Å². The normalized spacial score (nSPS) is 26.9. The lowest BCUT2D eigenvalue weighted by Gasteiger charge is -2.29. The molecule has 1 nitrogen and oxygen atoms in total. The Morgan fingerprint density at radius 3 is 2.85 bits per heavy atom. The molecular formula is C12H16O. The van der Waals surface area contributed by atoms with Crippen molar-refractivity contribution in [3.8, 4) is 0 Å². The highest BCUT2D eigenvalue weighted by Gasteiger charge is 2.25. The molecule has 13 heavy (non-hydrogen) atoms. The molecule has 0 spiro atoms. The molecule has 0 N–H and O–H groups in total. The Labute approximate surface area is 79.7 Å². The molecule has 0 radical (unpaired) electrons. The largest absolute Gasteiger partial charge is 0.381 e. The zero-order valence-corrected chi connectivity index (χ0v) is 8.29. The van der Waals surface area contributed by atoms with E-state index < -0.39 is 0 Å². The van der Waals surface area contributed by atoms with Gasteiger partial charge in [-0.2, -0.15) is 0 Å². The lowest BCUT2D eigenvalue weighted by Crippen LogP contribution is -2.25. The van der Waals surface area contributed by atoms with Crippen LogP contribution in [0.15, 0.2) is 24.3 Å². The van der Waals surface area contributed by atoms with E-state index in [1.807, 2.05) is 7.11 Å². The van der Waals surface area contributed by atoms with Crippen LogP contribution >= 0.6 is 0 Å². The molecule has 0 fully saturated rings. The van der Waals surface area contributed by atoms with E-state index >= 15 is 0 Å². The summed E-state index contributed by atoms with van der Waals surface area (Å²) >= 11 is 0. The van der Waals surface area contributed by atoms with Crippen molar-refractivity contribution in [3.63, 3.8) is 0 Å². The SMILES string of the molecule is CO[C@H]1CCc2ccccc2[C@H]1C. The minimum Gasteiger partial charge on any atom is -0.381 e. The Kier molecular flexibility index (Phi) is 2.36. The molecule has 1 heteroatoms. The first-order valence-corrected chi connectivity index (χ1v) is 4.93. The molecule has 0 bridgehead atoms. The predicted molar refractivity (Wildman–Crippen MR) is 54.0 cm³/mol. The van der Waals surface area contributed by atoms with E-state index in [4.69, 9.17) is 4.74 Å². The molecule has 0 unspecified atom stereocenters. The third kappa shape index (κ3) is 1.49. The number of aryl methyl sites for hydroxylation is 1. The van der Waals surface area contributed by atoms with Gasteiger partial charge in [0.25, 0.3) is 0 Å². The van der Waals surface area contributed by atoms with Gasteiger partial charge in [-0.15, -0.1) is 0 Å². The fraction of sp³-hybridized carbons (Fsp3) is 0.500. The maximum Gasteiger partial charge on any atom is 0.0640 e. The summed E-state index contributed by atoms with van der Waals surface area (Å²) < 4.78 is 5.46. The minimum atomic E-state index is 0.412. The maximum absolute atomic E-state index is 5.46. The van der Waals surface area contributed by atoms with Gasteiger partial charge in [0.2, 0.25) is 0 Å². The van der Waals surface area contributed by atoms with Crippen LogP contribution in [0.4, 0.5) is 0 Å². The second kappa shape index (κ2) is 3.51. The van der Waals surface area contributed by atoms with E-state index in [1.165, 1.54) is 17.5 Å². The molecule has 1 aliphatic carbocycles. The van der Waals surface area contributed by atoms with Crippen molar-refractivity contribution >= 4 is 0 Å². The summed E-state index contributed by atoms with van der Waals surface area (Å²) in [5, 5.41) is 0. The fourth-order valence-electron chi connectivity index (χ4n) is 2.28. The van der Waals surface area contributed by atoms with Crippen LogP contribution in [0.3, 0.4) is 0 Å². The average molecular weight is 176 g/mol. The van der Waals surface area contributed by atoms with Crippen LogP contribution in [0.1, 0.15) is 30.4 Å². The summed E-state index contributed by atoms with van der Waals surface area (Å²) in [5.74, 6) is 0.551. The van der Waals surface area contributed by atoms with Crippen LogP contribution in [0.2, 0.25) is 0 Å². The first-order chi connectivity index (χ1) is 6.33. The summed E-state index contributed by atoms with van der Waals surface area (Å²) in [7, 11) is 1.81. The summed E-state index contributed by atoms with van der Waals surface area (Å²) in [6.45, 7) is 2.26. The predicted octanol–water partition coefficient (Wildman–Crippen LogP) is 2.75. The highest BCUT2D eigenvalue weighted by Crippen LogP contribution is 2.32. The van der Waals surface area contributed by atoms with Gasteiger partial charge < -0.3 is 4.74 Å². The standard InChI is InChI=1S/C12H16O/c1-9-11-6-4-3-5-10(11)7-8-12(9)13-2/h3-6,9,12H,7-8H2,1-2H3/t9-,12+/m1/s1. The molecular weight excluding hydrogens is 160 g/mol. The van der Waals surface area contributed by atoms with Crippen molar-refractivity contribution in [1.82, 2.24) is 0 Å². The molecule has 1 aromatic rings. The van der Waals surface area contributed by atoms with Crippen LogP contribution in [0.25, 0.3) is 0 Å². The summed E-state index contributed by atoms with van der Waals surface area (Å²) in [6.07, 6.45) is 2.74. The number of benzene rings is 1. The van der Waals surface area contributed by atoms with Gasteiger partial charge in [-0.05, 0) is 24.0 Å². The zero-order chi connectivity index (χ0) is 9.26. The van der Waals surface area contributed by atoms with Gasteiger partial charge in [0.05, 0.1) is 6.10 Å². The van der Waals surface area contributed by atoms with Gasteiger partial charge >= 0.3 is 0 Å². The number of fused-ring (bicyclic) bond motifs is 1. The second-order valence-electron chi connectivity index (χ2n) is 3.80. The Bertz CT molecular complexity index is 293. The monoisotopic (exact) mass is 176 g/mol. The van der Waals surface area contributed by atoms with Crippen LogP contribution in [-0.4, -0.2) is 13.2 Å². The first-order valence-electron chi connectivity index (χ1n) is 4.93. The van der Waals surface area contributed by atoms with Crippen molar-refractivity contribution in [1.29, 1.82) is 0 Å². The first kappa shape index (κ1) is 8.76. The summed E-state index contributed by atoms with van der Waals surface area (Å²) in [4.78, 5) is 0. The maximum atomic E-state index is 5.46. The van der Waals surface area contributed by atoms with Crippen molar-refractivity contribution < 1.29 is 4.74 Å². The van der Waals surface area contributed by atoms with E-state index in [2.05, 4.69) is 31.2 Å². The molecule has 1 aromatic carbocycles. The van der Waals surface area contributed by atoms with Crippen LogP contribution in [0.5, 0.6) is 0 Å². The Hall–Kier alpha value is -0.820. The molecule has 0 amide bonds. The van der Waals surface area contributed by atoms with E-state index in [-0.39, 0.29) is 0 Å². The third-order valence-electron chi connectivity index (χ3n) is 3.10. The van der Waals surface area contributed by atoms with Crippen molar-refractivity contribution in [2.45, 2.75) is 31.8 Å². The highest BCUT2D eigenvalue weighted by molar-refractivity contribution is 5.33. The van der Waals surface area contributed by atoms with Crippen LogP contribution in [-0.2, 0) is 11.2 Å². The minimum absolute atomic E-state index is 0.412. The second-order valence-corrected chi connectivity index (χ2v) is 3.80. The van der Waals surface area contributed by atoms with Gasteiger partial charge in [-0.3, -0.25) is 0 Å². The topological polar surface area (TPSA) is 9.23 Å². The molecule has 0 heterocycles. The number of hydrogen-bond acceptors (Lipinski definition) is 1. The van der Waals surface area contributed by atoms with Gasteiger partial charge in [0.15, 0.2) is 0 Å². The van der Waals surface area contributed by atoms with E-state index in [0.29, 0.717) is 12.0 Å². The van der Waals surface area contributed by atoms with E-state index in [1.54, 1.807) is 0 Å². The Balaban J connectivity index is 2.33. The van der Waals surface area contributed by atoms with Gasteiger partial charge in [-0.1, -0.05) is 31.2 Å². The number of hydrogen-bond donors (Lipinski definition) is 0. The number of ether oxygens (including phenoxy) is 1. The number of methoxy groups -OCH3 is 1. The molecule has 0 saturated carbocycles. The van der Waals surface area contributed by atoms with Crippen molar-refractivity contribution in [2.24, 2.45) is 0 Å². The molecule has 2 rings (SSSR count). The van der Waals surface area contributed by atoms with Gasteiger partial charge in [0, 0.05) is 13.0 Å². The molecule has 0 aliphatic heterocycles. The fourth-order valence-corrected chi connectivity index (χ4v) is 2.28. The molecule has 2 atom stereocenters. The third-order valence-corrected chi connectivity index (χ3v) is 3.10. The number of rotatable bonds is 1. The van der Waals surface area contributed by atoms with Crippen LogP contribution in [0, 0.1) is 0 Å². The molecule has 0 saturated heterocycles. The smallest absolute Gasteiger partial charge is 0.0640 e.